The second-order valence-corrected chi connectivity index (χ2v) is 8.42. The number of rotatable bonds is 8. The van der Waals surface area contributed by atoms with Crippen LogP contribution in [0.15, 0.2) is 52.8 Å². The van der Waals surface area contributed by atoms with Crippen LogP contribution in [0, 0.1) is 5.92 Å². The lowest BCUT2D eigenvalue weighted by Gasteiger charge is -2.14. The summed E-state index contributed by atoms with van der Waals surface area (Å²) in [5.41, 5.74) is 3.20. The van der Waals surface area contributed by atoms with Crippen molar-refractivity contribution in [3.8, 4) is 0 Å². The van der Waals surface area contributed by atoms with Crippen molar-refractivity contribution in [2.45, 2.75) is 32.3 Å². The summed E-state index contributed by atoms with van der Waals surface area (Å²) in [6.45, 7) is 4.27. The Balaban J connectivity index is 1.72. The Morgan fingerprint density at radius 2 is 1.90 bits per heavy atom. The van der Waals surface area contributed by atoms with Gasteiger partial charge in [-0.05, 0) is 31.0 Å². The third kappa shape index (κ3) is 5.02. The molecule has 31 heavy (non-hydrogen) atoms. The van der Waals surface area contributed by atoms with E-state index in [1.807, 2.05) is 31.2 Å². The Morgan fingerprint density at radius 1 is 1.16 bits per heavy atom. The first-order chi connectivity index (χ1) is 14.8. The van der Waals surface area contributed by atoms with Crippen LogP contribution >= 0.6 is 23.2 Å². The van der Waals surface area contributed by atoms with E-state index in [-0.39, 0.29) is 23.7 Å². The normalized spacial score (nSPS) is 20.9. The van der Waals surface area contributed by atoms with E-state index in [0.29, 0.717) is 15.6 Å². The molecule has 0 spiro atoms. The van der Waals surface area contributed by atoms with Gasteiger partial charge in [-0.3, -0.25) is 0 Å². The largest absolute Gasteiger partial charge is 0.464 e. The van der Waals surface area contributed by atoms with Gasteiger partial charge in [0, 0.05) is 32.5 Å². The molecule has 164 valence electrons. The van der Waals surface area contributed by atoms with Crippen LogP contribution in [-0.2, 0) is 31.2 Å². The van der Waals surface area contributed by atoms with Crippen molar-refractivity contribution in [3.63, 3.8) is 0 Å². The summed E-state index contributed by atoms with van der Waals surface area (Å²) in [6, 6.07) is 12.8. The molecule has 1 fully saturated rings. The smallest absolute Gasteiger partial charge is 0.360 e. The highest BCUT2D eigenvalue weighted by molar-refractivity contribution is 6.43. The van der Waals surface area contributed by atoms with Crippen LogP contribution in [-0.4, -0.2) is 31.6 Å². The molecule has 1 aliphatic carbocycles. The van der Waals surface area contributed by atoms with Crippen molar-refractivity contribution in [1.82, 2.24) is 0 Å². The fourth-order valence-corrected chi connectivity index (χ4v) is 4.38. The van der Waals surface area contributed by atoms with Crippen molar-refractivity contribution in [2.75, 3.05) is 14.2 Å². The summed E-state index contributed by atoms with van der Waals surface area (Å²) in [5.74, 6) is -0.371. The van der Waals surface area contributed by atoms with Gasteiger partial charge < -0.3 is 14.4 Å². The Bertz CT molecular complexity index is 1040. The first-order valence-corrected chi connectivity index (χ1v) is 10.5. The Morgan fingerprint density at radius 3 is 2.58 bits per heavy atom. The van der Waals surface area contributed by atoms with Gasteiger partial charge in [0.25, 0.3) is 0 Å². The molecule has 0 saturated heterocycles. The molecule has 2 aromatic rings. The van der Waals surface area contributed by atoms with E-state index in [9.17, 15) is 4.79 Å². The molecule has 0 bridgehead atoms. The van der Waals surface area contributed by atoms with Crippen LogP contribution in [0.1, 0.15) is 37.0 Å². The van der Waals surface area contributed by atoms with E-state index in [1.54, 1.807) is 18.2 Å². The standard InChI is InChI=1S/C23H24Cl2N2O4/c1-14(19-12-23(19,2)18-10-9-16(24)11-20(18)25)26-31-13-15-7-5-6-8-17(15)21(27-30-4)22(28)29-3/h5-11,19H,12-13H2,1-4H3/b26-14+,27-21+. The molecule has 0 heterocycles. The quantitative estimate of drug-likeness (QED) is 0.299. The molecule has 3 rings (SSSR count). The molecular weight excluding hydrogens is 439 g/mol. The van der Waals surface area contributed by atoms with Crippen LogP contribution < -0.4 is 0 Å². The van der Waals surface area contributed by atoms with Crippen molar-refractivity contribution in [3.05, 3.63) is 69.2 Å². The molecule has 8 heteroatoms. The summed E-state index contributed by atoms with van der Waals surface area (Å²) in [6.07, 6.45) is 0.927. The van der Waals surface area contributed by atoms with Crippen molar-refractivity contribution in [1.29, 1.82) is 0 Å². The number of methoxy groups -OCH3 is 1. The average molecular weight is 463 g/mol. The average Bonchev–Trinajstić information content (AvgIpc) is 3.44. The second-order valence-electron chi connectivity index (χ2n) is 7.58. The number of benzene rings is 2. The zero-order valence-electron chi connectivity index (χ0n) is 17.8. The van der Waals surface area contributed by atoms with Crippen LogP contribution in [0.2, 0.25) is 10.0 Å². The van der Waals surface area contributed by atoms with Crippen LogP contribution in [0.4, 0.5) is 0 Å². The van der Waals surface area contributed by atoms with Gasteiger partial charge in [-0.25, -0.2) is 4.79 Å². The zero-order chi connectivity index (χ0) is 22.6. The van der Waals surface area contributed by atoms with Crippen LogP contribution in [0.3, 0.4) is 0 Å². The monoisotopic (exact) mass is 462 g/mol. The van der Waals surface area contributed by atoms with Crippen molar-refractivity contribution in [2.24, 2.45) is 16.2 Å². The predicted molar refractivity (Wildman–Crippen MR) is 122 cm³/mol. The van der Waals surface area contributed by atoms with E-state index in [4.69, 9.17) is 37.6 Å². The topological polar surface area (TPSA) is 69.5 Å². The lowest BCUT2D eigenvalue weighted by atomic mass is 9.94. The molecule has 1 aliphatic rings. The third-order valence-corrected chi connectivity index (χ3v) is 6.10. The predicted octanol–water partition coefficient (Wildman–Crippen LogP) is 5.39. The number of carbonyl (C=O) groups is 1. The van der Waals surface area contributed by atoms with Gasteiger partial charge in [0.2, 0.25) is 0 Å². The number of hydrogen-bond donors (Lipinski definition) is 0. The van der Waals surface area contributed by atoms with Gasteiger partial charge in [0.05, 0.1) is 12.8 Å². The molecule has 0 aliphatic heterocycles. The summed E-state index contributed by atoms with van der Waals surface area (Å²) in [5, 5.41) is 9.40. The molecule has 6 nitrogen and oxygen atoms in total. The Hall–Kier alpha value is -2.57. The van der Waals surface area contributed by atoms with E-state index in [0.717, 1.165) is 23.3 Å². The maximum absolute atomic E-state index is 12.1. The maximum Gasteiger partial charge on any atom is 0.360 e. The summed E-state index contributed by atoms with van der Waals surface area (Å²) >= 11 is 12.4. The van der Waals surface area contributed by atoms with Gasteiger partial charge in [-0.1, -0.05) is 70.8 Å². The third-order valence-electron chi connectivity index (χ3n) is 5.55. The minimum absolute atomic E-state index is 0.0667. The lowest BCUT2D eigenvalue weighted by Crippen LogP contribution is -2.19. The molecule has 1 saturated carbocycles. The highest BCUT2D eigenvalue weighted by Crippen LogP contribution is 2.56. The van der Waals surface area contributed by atoms with E-state index < -0.39 is 5.97 Å². The summed E-state index contributed by atoms with van der Waals surface area (Å²) in [7, 11) is 2.66. The first kappa shape index (κ1) is 23.1. The van der Waals surface area contributed by atoms with E-state index >= 15 is 0 Å². The lowest BCUT2D eigenvalue weighted by molar-refractivity contribution is -0.132. The molecule has 0 radical (unpaired) electrons. The minimum atomic E-state index is -0.595. The van der Waals surface area contributed by atoms with Gasteiger partial charge in [0.15, 0.2) is 5.71 Å². The molecule has 0 amide bonds. The fourth-order valence-electron chi connectivity index (χ4n) is 3.75. The van der Waals surface area contributed by atoms with Gasteiger partial charge in [-0.15, -0.1) is 0 Å². The van der Waals surface area contributed by atoms with E-state index in [2.05, 4.69) is 17.2 Å². The zero-order valence-corrected chi connectivity index (χ0v) is 19.3. The maximum atomic E-state index is 12.1. The summed E-state index contributed by atoms with van der Waals surface area (Å²) in [4.78, 5) is 22.5. The van der Waals surface area contributed by atoms with Crippen LogP contribution in [0.25, 0.3) is 0 Å². The number of nitrogens with zero attached hydrogens (tertiary/aromatic N) is 2. The van der Waals surface area contributed by atoms with Crippen molar-refractivity contribution >= 4 is 40.6 Å². The van der Waals surface area contributed by atoms with Gasteiger partial charge in [-0.2, -0.15) is 0 Å². The molecular formula is C23H24Cl2N2O4. The van der Waals surface area contributed by atoms with Gasteiger partial charge in [0.1, 0.15) is 13.7 Å². The molecule has 0 N–H and O–H groups in total. The SMILES string of the molecule is CO/N=C(/C(=O)OC)c1ccccc1CO/N=C(\C)C1CC1(C)c1ccc(Cl)cc1Cl. The second kappa shape index (κ2) is 9.71. The highest BCUT2D eigenvalue weighted by atomic mass is 35.5. The van der Waals surface area contributed by atoms with Crippen LogP contribution in [0.5, 0.6) is 0 Å². The Labute approximate surface area is 191 Å². The Kier molecular flexibility index (Phi) is 7.23. The number of esters is 1. The summed E-state index contributed by atoms with van der Waals surface area (Å²) < 4.78 is 4.80. The molecule has 2 unspecified atom stereocenters. The molecule has 2 aromatic carbocycles. The number of halogens is 2. The highest BCUT2D eigenvalue weighted by Gasteiger charge is 2.54. The minimum Gasteiger partial charge on any atom is -0.464 e. The van der Waals surface area contributed by atoms with E-state index in [1.165, 1.54) is 14.2 Å². The number of hydrogen-bond acceptors (Lipinski definition) is 6. The molecule has 2 atom stereocenters. The van der Waals surface area contributed by atoms with Crippen molar-refractivity contribution < 1.29 is 19.2 Å². The molecule has 0 aromatic heterocycles. The van der Waals surface area contributed by atoms with Gasteiger partial charge >= 0.3 is 5.97 Å². The fraction of sp³-hybridized carbons (Fsp3) is 0.348. The first-order valence-electron chi connectivity index (χ1n) is 9.71. The number of carbonyl (C=O) groups excluding carboxylic acids is 1. The number of ether oxygens (including phenoxy) is 1. The number of oxime groups is 2.